The second-order valence-corrected chi connectivity index (χ2v) is 6.34. The molecule has 0 aliphatic heterocycles. The number of rotatable bonds is 8. The topological polar surface area (TPSA) is 94.5 Å². The lowest BCUT2D eigenvalue weighted by atomic mass is 10.1. The monoisotopic (exact) mass is 374 g/mol. The van der Waals surface area contributed by atoms with Crippen LogP contribution in [0.3, 0.4) is 0 Å². The van der Waals surface area contributed by atoms with Gasteiger partial charge >= 0.3 is 0 Å². The van der Waals surface area contributed by atoms with Crippen molar-refractivity contribution in [2.75, 3.05) is 26.1 Å². The number of aromatic nitrogens is 2. The molecule has 2 rings (SSSR count). The molecule has 27 heavy (non-hydrogen) atoms. The maximum Gasteiger partial charge on any atom is 0.273 e. The number of nitrogens with one attached hydrogen (secondary N) is 2. The van der Waals surface area contributed by atoms with Crippen molar-refractivity contribution in [1.29, 1.82) is 0 Å². The van der Waals surface area contributed by atoms with Crippen LogP contribution < -0.4 is 20.1 Å². The van der Waals surface area contributed by atoms with Gasteiger partial charge in [-0.2, -0.15) is 5.10 Å². The highest BCUT2D eigenvalue weighted by molar-refractivity contribution is 6.11. The molecule has 1 aromatic heterocycles. The van der Waals surface area contributed by atoms with Crippen molar-refractivity contribution in [2.45, 2.75) is 27.3 Å². The summed E-state index contributed by atoms with van der Waals surface area (Å²) < 4.78 is 12.1. The molecule has 0 saturated heterocycles. The molecule has 0 atom stereocenters. The summed E-state index contributed by atoms with van der Waals surface area (Å²) in [7, 11) is 2.96. The minimum absolute atomic E-state index is 0.166. The average molecular weight is 374 g/mol. The van der Waals surface area contributed by atoms with E-state index in [0.29, 0.717) is 36.2 Å². The predicted octanol–water partition coefficient (Wildman–Crippen LogP) is 2.56. The van der Waals surface area contributed by atoms with Gasteiger partial charge in [-0.05, 0) is 25.0 Å². The van der Waals surface area contributed by atoms with Crippen LogP contribution in [0.2, 0.25) is 0 Å². The van der Waals surface area contributed by atoms with E-state index >= 15 is 0 Å². The third-order valence-corrected chi connectivity index (χ3v) is 3.87. The molecule has 2 N–H and O–H groups in total. The molecule has 0 aliphatic carbocycles. The predicted molar refractivity (Wildman–Crippen MR) is 103 cm³/mol. The molecule has 0 aliphatic rings. The second-order valence-electron chi connectivity index (χ2n) is 6.34. The first-order chi connectivity index (χ1) is 12.9. The maximum atomic E-state index is 12.9. The highest BCUT2D eigenvalue weighted by Crippen LogP contribution is 2.29. The summed E-state index contributed by atoms with van der Waals surface area (Å²) in [5.41, 5.74) is 0.746. The summed E-state index contributed by atoms with van der Waals surface area (Å²) in [4.78, 5) is 25.3. The minimum Gasteiger partial charge on any atom is -0.496 e. The molecule has 0 spiro atoms. The average Bonchev–Trinajstić information content (AvgIpc) is 3.08. The highest BCUT2D eigenvalue weighted by Gasteiger charge is 2.23. The fourth-order valence-electron chi connectivity index (χ4n) is 2.48. The Kier molecular flexibility index (Phi) is 6.81. The quantitative estimate of drug-likeness (QED) is 0.740. The number of aryl methyl sites for hydroxylation is 1. The third kappa shape index (κ3) is 4.78. The van der Waals surface area contributed by atoms with Crippen LogP contribution in [0.5, 0.6) is 11.5 Å². The first-order valence-electron chi connectivity index (χ1n) is 8.79. The lowest BCUT2D eigenvalue weighted by Crippen LogP contribution is -2.29. The zero-order chi connectivity index (χ0) is 20.0. The molecule has 0 fully saturated rings. The first kappa shape index (κ1) is 20.3. The number of methoxy groups -OCH3 is 2. The Balaban J connectivity index is 2.33. The summed E-state index contributed by atoms with van der Waals surface area (Å²) in [6.07, 6.45) is 1.63. The van der Waals surface area contributed by atoms with E-state index in [9.17, 15) is 9.59 Å². The van der Waals surface area contributed by atoms with Crippen molar-refractivity contribution in [3.63, 3.8) is 0 Å². The molecule has 8 heteroatoms. The van der Waals surface area contributed by atoms with Crippen LogP contribution in [0.25, 0.3) is 0 Å². The molecule has 2 amide bonds. The van der Waals surface area contributed by atoms with Crippen LogP contribution >= 0.6 is 0 Å². The Bertz CT molecular complexity index is 792. The Morgan fingerprint density at radius 3 is 2.30 bits per heavy atom. The Labute approximate surface area is 158 Å². The van der Waals surface area contributed by atoms with E-state index in [0.717, 1.165) is 0 Å². The molecule has 1 aromatic carbocycles. The van der Waals surface area contributed by atoms with Crippen molar-refractivity contribution in [1.82, 2.24) is 15.1 Å². The van der Waals surface area contributed by atoms with Crippen LogP contribution in [0.15, 0.2) is 24.4 Å². The zero-order valence-electron chi connectivity index (χ0n) is 16.3. The largest absolute Gasteiger partial charge is 0.496 e. The normalized spacial score (nSPS) is 10.6. The fraction of sp³-hybridized carbons (Fsp3) is 0.421. The Morgan fingerprint density at radius 1 is 1.15 bits per heavy atom. The number of carbonyl (C=O) groups excluding carboxylic acids is 2. The molecule has 146 valence electrons. The molecule has 1 heterocycles. The van der Waals surface area contributed by atoms with Crippen LogP contribution in [-0.2, 0) is 6.54 Å². The van der Waals surface area contributed by atoms with Crippen LogP contribution in [0.4, 0.5) is 5.69 Å². The van der Waals surface area contributed by atoms with E-state index in [-0.39, 0.29) is 17.2 Å². The summed E-state index contributed by atoms with van der Waals surface area (Å²) in [6.45, 7) is 6.99. The van der Waals surface area contributed by atoms with Gasteiger partial charge < -0.3 is 20.1 Å². The van der Waals surface area contributed by atoms with Gasteiger partial charge in [-0.3, -0.25) is 14.3 Å². The van der Waals surface area contributed by atoms with Crippen molar-refractivity contribution in [3.8, 4) is 11.5 Å². The molecule has 0 bridgehead atoms. The van der Waals surface area contributed by atoms with Gasteiger partial charge in [0, 0.05) is 19.3 Å². The fourth-order valence-corrected chi connectivity index (χ4v) is 2.48. The van der Waals surface area contributed by atoms with Gasteiger partial charge in [-0.15, -0.1) is 0 Å². The van der Waals surface area contributed by atoms with Crippen molar-refractivity contribution < 1.29 is 19.1 Å². The lowest BCUT2D eigenvalue weighted by Gasteiger charge is -2.13. The second kappa shape index (κ2) is 9.07. The molecule has 2 aromatic rings. The third-order valence-electron chi connectivity index (χ3n) is 3.87. The van der Waals surface area contributed by atoms with Crippen LogP contribution in [-0.4, -0.2) is 42.4 Å². The van der Waals surface area contributed by atoms with Crippen molar-refractivity contribution >= 4 is 17.5 Å². The number of amides is 2. The number of anilines is 1. The van der Waals surface area contributed by atoms with E-state index in [1.807, 2.05) is 20.8 Å². The van der Waals surface area contributed by atoms with E-state index in [2.05, 4.69) is 15.7 Å². The van der Waals surface area contributed by atoms with E-state index in [4.69, 9.17) is 9.47 Å². The van der Waals surface area contributed by atoms with Crippen LogP contribution in [0, 0.1) is 5.92 Å². The Hall–Kier alpha value is -3.03. The van der Waals surface area contributed by atoms with Gasteiger partial charge in [0.25, 0.3) is 11.8 Å². The smallest absolute Gasteiger partial charge is 0.273 e. The van der Waals surface area contributed by atoms with Crippen molar-refractivity contribution in [2.24, 2.45) is 5.92 Å². The van der Waals surface area contributed by atoms with E-state index < -0.39 is 5.91 Å². The summed E-state index contributed by atoms with van der Waals surface area (Å²) >= 11 is 0. The molecule has 0 unspecified atom stereocenters. The number of carbonyl (C=O) groups is 2. The molecule has 0 radical (unpaired) electrons. The first-order valence-corrected chi connectivity index (χ1v) is 8.79. The van der Waals surface area contributed by atoms with Gasteiger partial charge in [-0.25, -0.2) is 0 Å². The standard InChI is InChI=1S/C19H26N4O4/c1-6-23-11-13(17(22-23)19(25)20-10-12(2)3)21-18(24)16-14(26-4)8-7-9-15(16)27-5/h7-9,11-12H,6,10H2,1-5H3,(H,20,25)(H,21,24). The molecular weight excluding hydrogens is 348 g/mol. The lowest BCUT2D eigenvalue weighted by molar-refractivity contribution is 0.0944. The van der Waals surface area contributed by atoms with Crippen LogP contribution in [0.1, 0.15) is 41.6 Å². The highest BCUT2D eigenvalue weighted by atomic mass is 16.5. The molecule has 0 saturated carbocycles. The summed E-state index contributed by atoms with van der Waals surface area (Å²) in [6, 6.07) is 5.07. The van der Waals surface area contributed by atoms with Gasteiger partial charge in [0.15, 0.2) is 5.69 Å². The van der Waals surface area contributed by atoms with Gasteiger partial charge in [-0.1, -0.05) is 19.9 Å². The van der Waals surface area contributed by atoms with Gasteiger partial charge in [0.1, 0.15) is 17.1 Å². The zero-order valence-corrected chi connectivity index (χ0v) is 16.3. The number of ether oxygens (including phenoxy) is 2. The Morgan fingerprint density at radius 2 is 1.78 bits per heavy atom. The maximum absolute atomic E-state index is 12.9. The van der Waals surface area contributed by atoms with Crippen molar-refractivity contribution in [3.05, 3.63) is 35.7 Å². The number of benzene rings is 1. The number of hydrogen-bond acceptors (Lipinski definition) is 5. The van der Waals surface area contributed by atoms with E-state index in [1.165, 1.54) is 14.2 Å². The van der Waals surface area contributed by atoms with E-state index in [1.54, 1.807) is 29.1 Å². The summed E-state index contributed by atoms with van der Waals surface area (Å²) in [5.74, 6) is 0.273. The number of hydrogen-bond donors (Lipinski definition) is 2. The molecule has 8 nitrogen and oxygen atoms in total. The SMILES string of the molecule is CCn1cc(NC(=O)c2c(OC)cccc2OC)c(C(=O)NCC(C)C)n1. The summed E-state index contributed by atoms with van der Waals surface area (Å²) in [5, 5.41) is 9.84. The number of nitrogens with zero attached hydrogens (tertiary/aromatic N) is 2. The minimum atomic E-state index is -0.446. The van der Waals surface area contributed by atoms with Gasteiger partial charge in [0.2, 0.25) is 0 Å². The van der Waals surface area contributed by atoms with Gasteiger partial charge in [0.05, 0.1) is 19.9 Å². The molecular formula is C19H26N4O4.